The highest BCUT2D eigenvalue weighted by Gasteiger charge is 2.28. The number of halogens is 3. The third kappa shape index (κ3) is 6.76. The van der Waals surface area contributed by atoms with Gasteiger partial charge in [0.25, 0.3) is 5.91 Å². The van der Waals surface area contributed by atoms with Gasteiger partial charge in [-0.1, -0.05) is 29.8 Å². The van der Waals surface area contributed by atoms with Crippen molar-refractivity contribution in [2.75, 3.05) is 44.2 Å². The van der Waals surface area contributed by atoms with Gasteiger partial charge in [0.15, 0.2) is 0 Å². The maximum atomic E-state index is 13.8. The van der Waals surface area contributed by atoms with E-state index in [4.69, 9.17) is 16.9 Å². The fourth-order valence-electron chi connectivity index (χ4n) is 5.41. The zero-order chi connectivity index (χ0) is 28.1. The summed E-state index contributed by atoms with van der Waals surface area (Å²) in [5.74, 6) is -1.15. The van der Waals surface area contributed by atoms with Gasteiger partial charge in [-0.15, -0.1) is 0 Å². The molecule has 2 aliphatic rings. The van der Waals surface area contributed by atoms with E-state index in [1.54, 1.807) is 6.07 Å². The van der Waals surface area contributed by atoms with Gasteiger partial charge in [-0.2, -0.15) is 5.26 Å². The molecule has 0 bridgehead atoms. The molecule has 0 spiro atoms. The maximum absolute atomic E-state index is 13.8. The van der Waals surface area contributed by atoms with E-state index in [0.717, 1.165) is 70.8 Å². The largest absolute Gasteiger partial charge is 0.353 e. The molecule has 10 heteroatoms. The van der Waals surface area contributed by atoms with Crippen LogP contribution in [0.15, 0.2) is 54.7 Å². The van der Waals surface area contributed by atoms with Crippen molar-refractivity contribution in [3.05, 3.63) is 93.6 Å². The number of amides is 1. The number of nitrogens with zero attached hydrogens (tertiary/aromatic N) is 5. The van der Waals surface area contributed by atoms with Crippen LogP contribution in [-0.2, 0) is 13.1 Å². The Hall–Kier alpha value is -3.58. The lowest BCUT2D eigenvalue weighted by molar-refractivity contribution is 0.0950. The molecule has 3 aromatic rings. The minimum atomic E-state index is -0.709. The number of hydrogen-bond donors (Lipinski definition) is 1. The fourth-order valence-corrected chi connectivity index (χ4v) is 5.70. The second-order valence-corrected chi connectivity index (χ2v) is 10.7. The number of piperidine rings is 1. The second-order valence-electron chi connectivity index (χ2n) is 10.3. The number of rotatable bonds is 7. The molecule has 1 amide bonds. The number of hydrogen-bond acceptors (Lipinski definition) is 6. The molecule has 210 valence electrons. The predicted octanol–water partition coefficient (Wildman–Crippen LogP) is 4.85. The van der Waals surface area contributed by atoms with Crippen molar-refractivity contribution in [3.8, 4) is 6.07 Å². The molecule has 3 heterocycles. The third-order valence-electron chi connectivity index (χ3n) is 7.71. The van der Waals surface area contributed by atoms with Crippen LogP contribution in [0.4, 0.5) is 14.6 Å². The first-order valence-corrected chi connectivity index (χ1v) is 13.9. The summed E-state index contributed by atoms with van der Waals surface area (Å²) in [4.78, 5) is 24.2. The lowest BCUT2D eigenvalue weighted by Gasteiger charge is -2.43. The van der Waals surface area contributed by atoms with Gasteiger partial charge in [0.1, 0.15) is 17.5 Å². The first kappa shape index (κ1) is 28.0. The van der Waals surface area contributed by atoms with Gasteiger partial charge in [0.2, 0.25) is 0 Å². The number of nitrogens with one attached hydrogen (secondary N) is 1. The van der Waals surface area contributed by atoms with Crippen LogP contribution in [0, 0.1) is 23.0 Å². The molecule has 2 aliphatic heterocycles. The molecule has 40 heavy (non-hydrogen) atoms. The highest BCUT2D eigenvalue weighted by Crippen LogP contribution is 2.27. The monoisotopic (exact) mass is 566 g/mol. The average Bonchev–Trinajstić information content (AvgIpc) is 2.97. The van der Waals surface area contributed by atoms with Crippen LogP contribution in [-0.4, -0.2) is 66.0 Å². The first-order chi connectivity index (χ1) is 19.4. The molecule has 7 nitrogen and oxygen atoms in total. The van der Waals surface area contributed by atoms with Crippen LogP contribution >= 0.6 is 11.6 Å². The molecule has 0 saturated carbocycles. The first-order valence-electron chi connectivity index (χ1n) is 13.5. The highest BCUT2D eigenvalue weighted by molar-refractivity contribution is 6.33. The number of carbonyl (C=O) groups excluding carboxylic acids is 1. The topological polar surface area (TPSA) is 75.5 Å². The maximum Gasteiger partial charge on any atom is 0.253 e. The molecular formula is C30H33ClF2N6O. The van der Waals surface area contributed by atoms with Gasteiger partial charge in [-0.05, 0) is 55.8 Å². The number of anilines is 1. The van der Waals surface area contributed by atoms with Gasteiger partial charge >= 0.3 is 0 Å². The molecule has 0 atom stereocenters. The molecule has 2 fully saturated rings. The van der Waals surface area contributed by atoms with Crippen LogP contribution < -0.4 is 10.2 Å². The zero-order valence-corrected chi connectivity index (χ0v) is 22.9. The van der Waals surface area contributed by atoms with Gasteiger partial charge in [-0.3, -0.25) is 14.6 Å². The quantitative estimate of drug-likeness (QED) is 0.441. The van der Waals surface area contributed by atoms with Crippen molar-refractivity contribution >= 4 is 23.3 Å². The number of aromatic nitrogens is 1. The highest BCUT2D eigenvalue weighted by atomic mass is 35.5. The van der Waals surface area contributed by atoms with E-state index in [0.29, 0.717) is 22.4 Å². The molecule has 2 aromatic carbocycles. The van der Waals surface area contributed by atoms with Crippen molar-refractivity contribution in [3.63, 3.8) is 0 Å². The van der Waals surface area contributed by atoms with E-state index in [2.05, 4.69) is 31.1 Å². The normalized spacial score (nSPS) is 17.0. The molecule has 0 unspecified atom stereocenters. The van der Waals surface area contributed by atoms with Crippen LogP contribution in [0.1, 0.15) is 41.3 Å². The Kier molecular flexibility index (Phi) is 8.90. The van der Waals surface area contributed by atoms with Gasteiger partial charge in [0.05, 0.1) is 22.2 Å². The summed E-state index contributed by atoms with van der Waals surface area (Å²) in [5, 5.41) is 12.0. The summed E-state index contributed by atoms with van der Waals surface area (Å²) in [6.07, 6.45) is 3.73. The Morgan fingerprint density at radius 3 is 2.42 bits per heavy atom. The number of piperazine rings is 1. The average molecular weight is 567 g/mol. The van der Waals surface area contributed by atoms with E-state index in [1.807, 2.05) is 24.3 Å². The molecule has 0 radical (unpaired) electrons. The van der Waals surface area contributed by atoms with E-state index in [9.17, 15) is 13.6 Å². The van der Waals surface area contributed by atoms with E-state index < -0.39 is 17.5 Å². The van der Waals surface area contributed by atoms with Gasteiger partial charge in [-0.25, -0.2) is 13.8 Å². The molecule has 1 N–H and O–H groups in total. The Labute approximate surface area is 239 Å². The molecule has 0 aliphatic carbocycles. The summed E-state index contributed by atoms with van der Waals surface area (Å²) >= 11 is 6.53. The summed E-state index contributed by atoms with van der Waals surface area (Å²) in [5.41, 5.74) is 2.40. The van der Waals surface area contributed by atoms with Crippen molar-refractivity contribution in [2.45, 2.75) is 32.0 Å². The van der Waals surface area contributed by atoms with Crippen LogP contribution in [0.5, 0.6) is 0 Å². The van der Waals surface area contributed by atoms with Crippen LogP contribution in [0.3, 0.4) is 0 Å². The number of likely N-dealkylation sites (tertiary alicyclic amines) is 1. The number of benzene rings is 2. The summed E-state index contributed by atoms with van der Waals surface area (Å²) in [6, 6.07) is 15.4. The summed E-state index contributed by atoms with van der Waals surface area (Å²) in [6.45, 7) is 6.38. The van der Waals surface area contributed by atoms with Crippen LogP contribution in [0.2, 0.25) is 5.02 Å². The molecule has 1 aromatic heterocycles. The molecular weight excluding hydrogens is 534 g/mol. The SMILES string of the molecule is N#Cc1ccc(CN2CCC(N3CCN(c4ncc(C(=O)NCc5ccc(F)cc5F)cc4Cl)CC3)CC2)cc1.[HH]. The molecule has 5 rings (SSSR count). The third-order valence-corrected chi connectivity index (χ3v) is 7.99. The smallest absolute Gasteiger partial charge is 0.253 e. The van der Waals surface area contributed by atoms with Gasteiger partial charge < -0.3 is 10.2 Å². The van der Waals surface area contributed by atoms with Crippen molar-refractivity contribution in [1.82, 2.24) is 20.1 Å². The van der Waals surface area contributed by atoms with E-state index in [-0.39, 0.29) is 19.1 Å². The number of carbonyl (C=O) groups is 1. The summed E-state index contributed by atoms with van der Waals surface area (Å²) < 4.78 is 26.9. The lowest BCUT2D eigenvalue weighted by Crippen LogP contribution is -2.53. The summed E-state index contributed by atoms with van der Waals surface area (Å²) in [7, 11) is 0. The zero-order valence-electron chi connectivity index (χ0n) is 22.1. The van der Waals surface area contributed by atoms with E-state index in [1.165, 1.54) is 17.8 Å². The lowest BCUT2D eigenvalue weighted by atomic mass is 10.0. The standard InChI is InChI=1S/C30H31ClF2N6O.H2/c31-27-15-24(30(40)36-18-23-5-6-25(32)16-28(23)33)19-35-29(27)39-13-11-38(12-14-39)26-7-9-37(10-8-26)20-22-3-1-21(17-34)2-4-22;/h1-6,15-16,19,26H,7-14,18,20H2,(H,36,40);1H. The Morgan fingerprint density at radius 1 is 1.05 bits per heavy atom. The second kappa shape index (κ2) is 12.7. The van der Waals surface area contributed by atoms with Crippen molar-refractivity contribution < 1.29 is 15.0 Å². The molecule has 2 saturated heterocycles. The Morgan fingerprint density at radius 2 is 1.77 bits per heavy atom. The minimum absolute atomic E-state index is 0. The fraction of sp³-hybridized carbons (Fsp3) is 0.367. The number of nitriles is 1. The van der Waals surface area contributed by atoms with Crippen molar-refractivity contribution in [1.29, 1.82) is 5.26 Å². The number of pyridine rings is 1. The van der Waals surface area contributed by atoms with Crippen molar-refractivity contribution in [2.24, 2.45) is 0 Å². The Bertz CT molecular complexity index is 1390. The van der Waals surface area contributed by atoms with Gasteiger partial charge in [0, 0.05) is 64.6 Å². The van der Waals surface area contributed by atoms with E-state index >= 15 is 0 Å². The predicted molar refractivity (Wildman–Crippen MR) is 152 cm³/mol. The van der Waals surface area contributed by atoms with Crippen LogP contribution in [0.25, 0.3) is 0 Å². The minimum Gasteiger partial charge on any atom is -0.353 e. The Balaban J connectivity index is 0.00000387.